The van der Waals surface area contributed by atoms with Crippen molar-refractivity contribution in [2.24, 2.45) is 0 Å². The number of unbranched alkanes of at least 4 members (excludes halogenated alkanes) is 1. The SMILES string of the molecule is C=C(CC)C(=O)O.C=C(CC)C(=O)O.C=C(CCCC)C(=O)O. The molecule has 6 heteroatoms. The zero-order valence-electron chi connectivity index (χ0n) is 14.2. The highest BCUT2D eigenvalue weighted by Crippen LogP contribution is 2.03. The first-order valence-corrected chi connectivity index (χ1v) is 7.28. The number of carboxylic acids is 3. The van der Waals surface area contributed by atoms with Crippen molar-refractivity contribution in [1.82, 2.24) is 0 Å². The van der Waals surface area contributed by atoms with Crippen molar-refractivity contribution >= 4 is 17.9 Å². The number of hydrogen-bond donors (Lipinski definition) is 3. The van der Waals surface area contributed by atoms with E-state index in [2.05, 4.69) is 19.7 Å². The van der Waals surface area contributed by atoms with Crippen LogP contribution in [0.25, 0.3) is 0 Å². The van der Waals surface area contributed by atoms with Gasteiger partial charge in [-0.2, -0.15) is 0 Å². The van der Waals surface area contributed by atoms with E-state index < -0.39 is 17.9 Å². The Bertz CT molecular complexity index is 408. The van der Waals surface area contributed by atoms with Gasteiger partial charge in [-0.15, -0.1) is 0 Å². The Morgan fingerprint density at radius 2 is 1.00 bits per heavy atom. The largest absolute Gasteiger partial charge is 0.478 e. The van der Waals surface area contributed by atoms with Crippen molar-refractivity contribution in [3.63, 3.8) is 0 Å². The maximum Gasteiger partial charge on any atom is 0.330 e. The molecule has 0 aromatic carbocycles. The van der Waals surface area contributed by atoms with Crippen molar-refractivity contribution in [3.8, 4) is 0 Å². The Hall–Kier alpha value is -2.37. The maximum atomic E-state index is 10.1. The normalized spacial score (nSPS) is 8.48. The highest BCUT2D eigenvalue weighted by atomic mass is 16.4. The van der Waals surface area contributed by atoms with E-state index in [9.17, 15) is 14.4 Å². The maximum absolute atomic E-state index is 10.1. The second-order valence-corrected chi connectivity index (χ2v) is 4.54. The lowest BCUT2D eigenvalue weighted by Gasteiger charge is -1.95. The van der Waals surface area contributed by atoms with Gasteiger partial charge in [-0.05, 0) is 25.7 Å². The fraction of sp³-hybridized carbons (Fsp3) is 0.471. The predicted octanol–water partition coefficient (Wildman–Crippen LogP) is 3.89. The first-order valence-electron chi connectivity index (χ1n) is 7.28. The molecule has 0 aliphatic carbocycles. The summed E-state index contributed by atoms with van der Waals surface area (Å²) in [5.74, 6) is -2.67. The van der Waals surface area contributed by atoms with E-state index in [1.165, 1.54) is 0 Å². The molecule has 0 aliphatic rings. The first-order chi connectivity index (χ1) is 10.5. The smallest absolute Gasteiger partial charge is 0.330 e. The van der Waals surface area contributed by atoms with Gasteiger partial charge in [0.2, 0.25) is 0 Å². The van der Waals surface area contributed by atoms with E-state index >= 15 is 0 Å². The molecule has 0 fully saturated rings. The van der Waals surface area contributed by atoms with Gasteiger partial charge in [0.15, 0.2) is 0 Å². The Balaban J connectivity index is -0.000000264. The van der Waals surface area contributed by atoms with Crippen LogP contribution in [0.1, 0.15) is 52.9 Å². The molecule has 0 unspecified atom stereocenters. The standard InChI is InChI=1S/C7H12O2.2C5H8O2/c1-3-4-5-6(2)7(8)9;2*1-3-4(2)5(6)7/h2-5H2,1H3,(H,8,9);2*2-3H2,1H3,(H,6,7). The second-order valence-electron chi connectivity index (χ2n) is 4.54. The fourth-order valence-corrected chi connectivity index (χ4v) is 0.800. The van der Waals surface area contributed by atoms with Gasteiger partial charge in [0.05, 0.1) is 0 Å². The van der Waals surface area contributed by atoms with E-state index in [0.717, 1.165) is 12.8 Å². The molecule has 0 aliphatic heterocycles. The minimum atomic E-state index is -0.900. The van der Waals surface area contributed by atoms with Gasteiger partial charge in [0.1, 0.15) is 0 Å². The summed E-state index contributed by atoms with van der Waals surface area (Å²) < 4.78 is 0. The molecule has 6 nitrogen and oxygen atoms in total. The minimum absolute atomic E-state index is 0.264. The molecule has 3 N–H and O–H groups in total. The first kappa shape index (κ1) is 25.6. The van der Waals surface area contributed by atoms with Crippen LogP contribution in [-0.4, -0.2) is 33.2 Å². The van der Waals surface area contributed by atoms with E-state index in [4.69, 9.17) is 15.3 Å². The van der Waals surface area contributed by atoms with E-state index in [-0.39, 0.29) is 11.1 Å². The summed E-state index contributed by atoms with van der Waals surface area (Å²) >= 11 is 0. The third kappa shape index (κ3) is 19.6. The van der Waals surface area contributed by atoms with Gasteiger partial charge in [0.25, 0.3) is 0 Å². The molecule has 0 rings (SSSR count). The summed E-state index contributed by atoms with van der Waals surface area (Å²) in [4.78, 5) is 29.8. The molecule has 0 saturated carbocycles. The van der Waals surface area contributed by atoms with Crippen LogP contribution in [0, 0.1) is 0 Å². The van der Waals surface area contributed by atoms with Crippen molar-refractivity contribution in [2.45, 2.75) is 52.9 Å². The van der Waals surface area contributed by atoms with E-state index in [0.29, 0.717) is 24.8 Å². The molecular formula is C17H28O6. The number of carboxylic acid groups (broad SMARTS) is 3. The molecule has 0 heterocycles. The summed E-state index contributed by atoms with van der Waals surface area (Å²) in [5.41, 5.74) is 0.844. The quantitative estimate of drug-likeness (QED) is 0.583. The minimum Gasteiger partial charge on any atom is -0.478 e. The Morgan fingerprint density at radius 1 is 0.696 bits per heavy atom. The zero-order valence-corrected chi connectivity index (χ0v) is 14.2. The average molecular weight is 328 g/mol. The van der Waals surface area contributed by atoms with Crippen LogP contribution >= 0.6 is 0 Å². The zero-order chi connectivity index (χ0) is 19.0. The van der Waals surface area contributed by atoms with Gasteiger partial charge < -0.3 is 15.3 Å². The molecule has 132 valence electrons. The molecule has 0 atom stereocenters. The van der Waals surface area contributed by atoms with Gasteiger partial charge >= 0.3 is 17.9 Å². The third-order valence-electron chi connectivity index (χ3n) is 2.59. The highest BCUT2D eigenvalue weighted by molar-refractivity contribution is 5.86. The van der Waals surface area contributed by atoms with Crippen LogP contribution < -0.4 is 0 Å². The molecule has 0 amide bonds. The van der Waals surface area contributed by atoms with Crippen LogP contribution in [0.5, 0.6) is 0 Å². The van der Waals surface area contributed by atoms with Crippen molar-refractivity contribution in [2.75, 3.05) is 0 Å². The molecule has 23 heavy (non-hydrogen) atoms. The Kier molecular flexibility index (Phi) is 17.8. The number of hydrogen-bond acceptors (Lipinski definition) is 3. The topological polar surface area (TPSA) is 112 Å². The lowest BCUT2D eigenvalue weighted by molar-refractivity contribution is -0.133. The van der Waals surface area contributed by atoms with Crippen molar-refractivity contribution in [3.05, 3.63) is 36.5 Å². The summed E-state index contributed by atoms with van der Waals surface area (Å²) in [5, 5.41) is 24.5. The molecule has 0 saturated heterocycles. The van der Waals surface area contributed by atoms with Gasteiger partial charge in [-0.25, -0.2) is 14.4 Å². The second kappa shape index (κ2) is 16.0. The van der Waals surface area contributed by atoms with Crippen LogP contribution in [-0.2, 0) is 14.4 Å². The molecule has 0 radical (unpaired) electrons. The molecular weight excluding hydrogens is 300 g/mol. The number of rotatable bonds is 8. The van der Waals surface area contributed by atoms with Gasteiger partial charge in [-0.3, -0.25) is 0 Å². The van der Waals surface area contributed by atoms with Gasteiger partial charge in [0, 0.05) is 16.7 Å². The van der Waals surface area contributed by atoms with Crippen LogP contribution in [0.15, 0.2) is 36.5 Å². The van der Waals surface area contributed by atoms with Gasteiger partial charge in [-0.1, -0.05) is 46.9 Å². The Labute approximate surface area is 137 Å². The lowest BCUT2D eigenvalue weighted by Crippen LogP contribution is -1.97. The fourth-order valence-electron chi connectivity index (χ4n) is 0.800. The van der Waals surface area contributed by atoms with Crippen LogP contribution in [0.2, 0.25) is 0 Å². The number of aliphatic carboxylic acids is 3. The monoisotopic (exact) mass is 328 g/mol. The number of carbonyl (C=O) groups is 3. The Morgan fingerprint density at radius 3 is 1.13 bits per heavy atom. The third-order valence-corrected chi connectivity index (χ3v) is 2.59. The van der Waals surface area contributed by atoms with Crippen LogP contribution in [0.4, 0.5) is 0 Å². The highest BCUT2D eigenvalue weighted by Gasteiger charge is 2.00. The lowest BCUT2D eigenvalue weighted by atomic mass is 10.1. The van der Waals surface area contributed by atoms with Crippen molar-refractivity contribution < 1.29 is 29.7 Å². The molecule has 0 aromatic rings. The average Bonchev–Trinajstić information content (AvgIpc) is 2.51. The summed E-state index contributed by atoms with van der Waals surface area (Å²) in [6, 6.07) is 0. The summed E-state index contributed by atoms with van der Waals surface area (Å²) in [7, 11) is 0. The van der Waals surface area contributed by atoms with Crippen LogP contribution in [0.3, 0.4) is 0 Å². The van der Waals surface area contributed by atoms with Crippen molar-refractivity contribution in [1.29, 1.82) is 0 Å². The van der Waals surface area contributed by atoms with E-state index in [1.54, 1.807) is 13.8 Å². The molecule has 0 bridgehead atoms. The predicted molar refractivity (Wildman–Crippen MR) is 90.4 cm³/mol. The summed E-state index contributed by atoms with van der Waals surface area (Å²) in [6.07, 6.45) is 3.61. The molecule has 0 spiro atoms. The summed E-state index contributed by atoms with van der Waals surface area (Å²) in [6.45, 7) is 15.5. The molecule has 0 aromatic heterocycles. The van der Waals surface area contributed by atoms with E-state index in [1.807, 2.05) is 6.92 Å².